The van der Waals surface area contributed by atoms with E-state index in [1.807, 2.05) is 12.1 Å². The molecule has 1 saturated heterocycles. The van der Waals surface area contributed by atoms with E-state index in [-0.39, 0.29) is 12.3 Å². The predicted molar refractivity (Wildman–Crippen MR) is 107 cm³/mol. The fourth-order valence-corrected chi connectivity index (χ4v) is 3.99. The molecule has 27 heavy (non-hydrogen) atoms. The molecule has 0 aromatic heterocycles. The molecule has 1 aliphatic heterocycles. The summed E-state index contributed by atoms with van der Waals surface area (Å²) in [6, 6.07) is 3.63. The largest absolute Gasteiger partial charge is 0.493 e. The number of ether oxygens (including phenoxy) is 3. The van der Waals surface area contributed by atoms with Crippen LogP contribution in [0.4, 0.5) is 0 Å². The third-order valence-corrected chi connectivity index (χ3v) is 5.01. The summed E-state index contributed by atoms with van der Waals surface area (Å²) in [6.45, 7) is 8.72. The Balaban J connectivity index is 1.80. The molecular weight excluding hydrogens is 344 g/mol. The second-order valence-electron chi connectivity index (χ2n) is 7.62. The molecule has 1 fully saturated rings. The molecule has 1 aromatic carbocycles. The van der Waals surface area contributed by atoms with Crippen LogP contribution in [-0.2, 0) is 11.2 Å². The first-order valence-electron chi connectivity index (χ1n) is 9.74. The third-order valence-electron chi connectivity index (χ3n) is 5.01. The quantitative estimate of drug-likeness (QED) is 0.670. The molecule has 1 aliphatic rings. The number of nitrogens with zero attached hydrogens (tertiary/aromatic N) is 1. The first-order valence-corrected chi connectivity index (χ1v) is 9.74. The van der Waals surface area contributed by atoms with Gasteiger partial charge in [-0.2, -0.15) is 0 Å². The zero-order valence-corrected chi connectivity index (χ0v) is 17.3. The van der Waals surface area contributed by atoms with Crippen molar-refractivity contribution >= 4 is 5.91 Å². The molecule has 152 valence electrons. The van der Waals surface area contributed by atoms with E-state index in [1.165, 1.54) is 19.5 Å². The average Bonchev–Trinajstić information content (AvgIpc) is 2.63. The molecule has 1 N–H and O–H groups in total. The van der Waals surface area contributed by atoms with Crippen LogP contribution in [0.2, 0.25) is 0 Å². The summed E-state index contributed by atoms with van der Waals surface area (Å²) in [5, 5.41) is 3.02. The van der Waals surface area contributed by atoms with E-state index in [0.717, 1.165) is 30.4 Å². The summed E-state index contributed by atoms with van der Waals surface area (Å²) in [6.07, 6.45) is 2.58. The van der Waals surface area contributed by atoms with Gasteiger partial charge in [0.25, 0.3) is 0 Å². The Morgan fingerprint density at radius 2 is 1.67 bits per heavy atom. The number of carbonyl (C=O) groups excluding carboxylic acids is 1. The van der Waals surface area contributed by atoms with Crippen LogP contribution < -0.4 is 19.5 Å². The molecule has 0 spiro atoms. The Hall–Kier alpha value is -1.95. The molecule has 0 bridgehead atoms. The highest BCUT2D eigenvalue weighted by Crippen LogP contribution is 2.38. The minimum atomic E-state index is 0.00431. The number of carbonyl (C=O) groups is 1. The van der Waals surface area contributed by atoms with Crippen molar-refractivity contribution in [1.29, 1.82) is 0 Å². The molecule has 0 aliphatic carbocycles. The summed E-state index contributed by atoms with van der Waals surface area (Å²) in [7, 11) is 4.71. The van der Waals surface area contributed by atoms with Crippen molar-refractivity contribution in [2.45, 2.75) is 33.1 Å². The smallest absolute Gasteiger partial charge is 0.224 e. The fraction of sp³-hybridized carbons (Fsp3) is 0.667. The van der Waals surface area contributed by atoms with Gasteiger partial charge in [-0.05, 0) is 48.9 Å². The van der Waals surface area contributed by atoms with Crippen LogP contribution in [0.3, 0.4) is 0 Å². The van der Waals surface area contributed by atoms with E-state index in [2.05, 4.69) is 24.1 Å². The maximum absolute atomic E-state index is 12.3. The van der Waals surface area contributed by atoms with Crippen molar-refractivity contribution < 1.29 is 19.0 Å². The van der Waals surface area contributed by atoms with Gasteiger partial charge in [0.15, 0.2) is 11.5 Å². The molecule has 6 heteroatoms. The number of methoxy groups -OCH3 is 3. The number of piperidine rings is 1. The monoisotopic (exact) mass is 378 g/mol. The highest BCUT2D eigenvalue weighted by atomic mass is 16.5. The van der Waals surface area contributed by atoms with Crippen LogP contribution in [0.25, 0.3) is 0 Å². The van der Waals surface area contributed by atoms with Crippen LogP contribution in [0.1, 0.15) is 32.3 Å². The lowest BCUT2D eigenvalue weighted by Crippen LogP contribution is -2.40. The van der Waals surface area contributed by atoms with Crippen molar-refractivity contribution in [3.8, 4) is 17.2 Å². The van der Waals surface area contributed by atoms with Gasteiger partial charge in [0.2, 0.25) is 11.7 Å². The van der Waals surface area contributed by atoms with Gasteiger partial charge in [0.1, 0.15) is 0 Å². The standard InChI is InChI=1S/C21H34N2O4/c1-15-9-16(2)14-23(13-15)8-6-7-22-20(24)12-17-10-18(25-3)21(27-5)19(11-17)26-4/h10-11,15-16H,6-9,12-14H2,1-5H3,(H,22,24)/t15-,16-/m0/s1. The summed E-state index contributed by atoms with van der Waals surface area (Å²) < 4.78 is 16.0. The zero-order chi connectivity index (χ0) is 19.8. The second kappa shape index (κ2) is 10.4. The summed E-state index contributed by atoms with van der Waals surface area (Å²) in [4.78, 5) is 14.8. The van der Waals surface area contributed by atoms with Crippen LogP contribution >= 0.6 is 0 Å². The normalized spacial score (nSPS) is 20.2. The minimum absolute atomic E-state index is 0.00431. The van der Waals surface area contributed by atoms with Gasteiger partial charge in [-0.3, -0.25) is 4.79 Å². The van der Waals surface area contributed by atoms with E-state index in [0.29, 0.717) is 23.8 Å². The summed E-state index contributed by atoms with van der Waals surface area (Å²) in [5.74, 6) is 3.20. The maximum atomic E-state index is 12.3. The van der Waals surface area contributed by atoms with Crippen LogP contribution in [0, 0.1) is 11.8 Å². The Labute approximate surface area is 163 Å². The molecule has 1 amide bonds. The number of likely N-dealkylation sites (tertiary alicyclic amines) is 1. The topological polar surface area (TPSA) is 60.0 Å². The van der Waals surface area contributed by atoms with E-state index in [4.69, 9.17) is 14.2 Å². The fourth-order valence-electron chi connectivity index (χ4n) is 3.99. The molecule has 2 atom stereocenters. The number of rotatable bonds is 9. The average molecular weight is 379 g/mol. The molecule has 0 saturated carbocycles. The summed E-state index contributed by atoms with van der Waals surface area (Å²) >= 11 is 0. The number of hydrogen-bond donors (Lipinski definition) is 1. The van der Waals surface area contributed by atoms with E-state index < -0.39 is 0 Å². The number of hydrogen-bond acceptors (Lipinski definition) is 5. The lowest BCUT2D eigenvalue weighted by molar-refractivity contribution is -0.120. The Morgan fingerprint density at radius 3 is 2.19 bits per heavy atom. The highest BCUT2D eigenvalue weighted by Gasteiger charge is 2.21. The lowest BCUT2D eigenvalue weighted by Gasteiger charge is -2.34. The lowest BCUT2D eigenvalue weighted by atomic mass is 9.92. The molecule has 1 heterocycles. The minimum Gasteiger partial charge on any atom is -0.493 e. The van der Waals surface area contributed by atoms with Gasteiger partial charge < -0.3 is 24.4 Å². The van der Waals surface area contributed by atoms with Crippen molar-refractivity contribution in [1.82, 2.24) is 10.2 Å². The van der Waals surface area contributed by atoms with Crippen LogP contribution in [-0.4, -0.2) is 58.3 Å². The van der Waals surface area contributed by atoms with Crippen molar-refractivity contribution in [2.24, 2.45) is 11.8 Å². The van der Waals surface area contributed by atoms with E-state index in [9.17, 15) is 4.79 Å². The Kier molecular flexibility index (Phi) is 8.23. The van der Waals surface area contributed by atoms with Crippen molar-refractivity contribution in [3.63, 3.8) is 0 Å². The molecular formula is C21H34N2O4. The summed E-state index contributed by atoms with van der Waals surface area (Å²) in [5.41, 5.74) is 0.834. The Morgan fingerprint density at radius 1 is 1.07 bits per heavy atom. The third kappa shape index (κ3) is 6.31. The number of benzene rings is 1. The maximum Gasteiger partial charge on any atom is 0.224 e. The van der Waals surface area contributed by atoms with Gasteiger partial charge >= 0.3 is 0 Å². The van der Waals surface area contributed by atoms with Gasteiger partial charge in [0.05, 0.1) is 27.8 Å². The zero-order valence-electron chi connectivity index (χ0n) is 17.3. The number of nitrogens with one attached hydrogen (secondary N) is 1. The van der Waals surface area contributed by atoms with Crippen LogP contribution in [0.5, 0.6) is 17.2 Å². The van der Waals surface area contributed by atoms with Gasteiger partial charge in [-0.25, -0.2) is 0 Å². The van der Waals surface area contributed by atoms with Gasteiger partial charge in [-0.1, -0.05) is 13.8 Å². The molecule has 1 aromatic rings. The first kappa shape index (κ1) is 21.4. The SMILES string of the molecule is COc1cc(CC(=O)NCCCN2C[C@@H](C)C[C@H](C)C2)cc(OC)c1OC. The predicted octanol–water partition coefficient (Wildman–Crippen LogP) is 2.74. The van der Waals surface area contributed by atoms with E-state index >= 15 is 0 Å². The van der Waals surface area contributed by atoms with Crippen molar-refractivity contribution in [2.75, 3.05) is 47.5 Å². The molecule has 6 nitrogen and oxygen atoms in total. The van der Waals surface area contributed by atoms with Crippen LogP contribution in [0.15, 0.2) is 12.1 Å². The Bertz CT molecular complexity index is 585. The van der Waals surface area contributed by atoms with Crippen molar-refractivity contribution in [3.05, 3.63) is 17.7 Å². The van der Waals surface area contributed by atoms with Gasteiger partial charge in [-0.15, -0.1) is 0 Å². The molecule has 2 rings (SSSR count). The second-order valence-corrected chi connectivity index (χ2v) is 7.62. The van der Waals surface area contributed by atoms with E-state index in [1.54, 1.807) is 21.3 Å². The van der Waals surface area contributed by atoms with Gasteiger partial charge in [0, 0.05) is 19.6 Å². The first-order chi connectivity index (χ1) is 13.0. The number of amides is 1. The molecule has 0 unspecified atom stereocenters. The highest BCUT2D eigenvalue weighted by molar-refractivity contribution is 5.79. The molecule has 0 radical (unpaired) electrons.